The Morgan fingerprint density at radius 3 is 2.07 bits per heavy atom. The summed E-state index contributed by atoms with van der Waals surface area (Å²) in [5.74, 6) is 1.66. The van der Waals surface area contributed by atoms with Crippen molar-refractivity contribution in [3.05, 3.63) is 0 Å². The van der Waals surface area contributed by atoms with Crippen molar-refractivity contribution in [2.45, 2.75) is 47.5 Å². The van der Waals surface area contributed by atoms with E-state index in [1.807, 2.05) is 0 Å². The van der Waals surface area contributed by atoms with Crippen LogP contribution in [0.5, 0.6) is 0 Å². The third-order valence-corrected chi connectivity index (χ3v) is 2.90. The molecule has 2 atom stereocenters. The molecule has 1 rings (SSSR count). The lowest BCUT2D eigenvalue weighted by Crippen LogP contribution is -2.43. The smallest absolute Gasteiger partial charge is 0.223 e. The molecule has 1 amide bonds. The van der Waals surface area contributed by atoms with Gasteiger partial charge >= 0.3 is 0 Å². The third kappa shape index (κ3) is 4.23. The van der Waals surface area contributed by atoms with Crippen molar-refractivity contribution in [2.24, 2.45) is 17.3 Å². The highest BCUT2D eigenvalue weighted by Crippen LogP contribution is 2.25. The number of carbonyl (C=O) groups is 1. The minimum Gasteiger partial charge on any atom is -0.342 e. The fraction of sp³-hybridized carbons (Fsp3) is 0.923. The van der Waals surface area contributed by atoms with Crippen molar-refractivity contribution < 1.29 is 4.79 Å². The first-order chi connectivity index (χ1) is 6.78. The minimum absolute atomic E-state index is 0.112. The van der Waals surface area contributed by atoms with Gasteiger partial charge in [-0.2, -0.15) is 0 Å². The van der Waals surface area contributed by atoms with Crippen LogP contribution in [0, 0.1) is 17.3 Å². The van der Waals surface area contributed by atoms with E-state index in [1.54, 1.807) is 0 Å². The van der Waals surface area contributed by atoms with Crippen LogP contribution in [0.25, 0.3) is 0 Å². The van der Waals surface area contributed by atoms with E-state index in [1.165, 1.54) is 6.42 Å². The van der Waals surface area contributed by atoms with E-state index in [0.717, 1.165) is 13.1 Å². The maximum absolute atomic E-state index is 12.0. The number of likely N-dealkylation sites (tertiary alicyclic amines) is 1. The summed E-state index contributed by atoms with van der Waals surface area (Å²) in [7, 11) is 0. The molecule has 0 bridgehead atoms. The molecule has 1 saturated heterocycles. The van der Waals surface area contributed by atoms with Gasteiger partial charge in [-0.3, -0.25) is 4.79 Å². The van der Waals surface area contributed by atoms with E-state index in [2.05, 4.69) is 39.5 Å². The molecule has 0 N–H and O–H groups in total. The second-order valence-electron chi connectivity index (χ2n) is 6.48. The quantitative estimate of drug-likeness (QED) is 0.653. The van der Waals surface area contributed by atoms with Crippen molar-refractivity contribution in [2.75, 3.05) is 13.1 Å². The van der Waals surface area contributed by atoms with E-state index in [0.29, 0.717) is 24.2 Å². The summed E-state index contributed by atoms with van der Waals surface area (Å²) in [4.78, 5) is 14.1. The summed E-state index contributed by atoms with van der Waals surface area (Å²) in [6, 6.07) is 0. The number of hydrogen-bond acceptors (Lipinski definition) is 1. The second kappa shape index (κ2) is 4.54. The molecule has 1 aliphatic heterocycles. The zero-order valence-electron chi connectivity index (χ0n) is 10.8. The van der Waals surface area contributed by atoms with Crippen LogP contribution in [0.15, 0.2) is 0 Å². The average molecular weight is 211 g/mol. The lowest BCUT2D eigenvalue weighted by molar-refractivity contribution is -0.135. The molecule has 1 heterocycles. The largest absolute Gasteiger partial charge is 0.342 e. The van der Waals surface area contributed by atoms with Gasteiger partial charge in [-0.25, -0.2) is 0 Å². The Kier molecular flexibility index (Phi) is 3.80. The van der Waals surface area contributed by atoms with E-state index >= 15 is 0 Å². The number of rotatable bonds is 1. The van der Waals surface area contributed by atoms with Crippen molar-refractivity contribution in [3.8, 4) is 0 Å². The Balaban J connectivity index is 2.52. The zero-order chi connectivity index (χ0) is 11.6. The number of nitrogens with zero attached hydrogens (tertiary/aromatic N) is 1. The molecule has 0 aliphatic carbocycles. The van der Waals surface area contributed by atoms with Crippen molar-refractivity contribution in [3.63, 3.8) is 0 Å². The van der Waals surface area contributed by atoms with Crippen LogP contribution >= 0.6 is 0 Å². The molecule has 2 nitrogen and oxygen atoms in total. The molecular weight excluding hydrogens is 186 g/mol. The molecular formula is C13H25NO. The first-order valence-electron chi connectivity index (χ1n) is 6.05. The molecule has 0 radical (unpaired) electrons. The van der Waals surface area contributed by atoms with E-state index < -0.39 is 0 Å². The molecule has 1 fully saturated rings. The molecule has 0 aromatic heterocycles. The van der Waals surface area contributed by atoms with Gasteiger partial charge in [0.2, 0.25) is 5.91 Å². The topological polar surface area (TPSA) is 20.3 Å². The van der Waals surface area contributed by atoms with Crippen molar-refractivity contribution in [1.29, 1.82) is 0 Å². The van der Waals surface area contributed by atoms with Gasteiger partial charge in [0, 0.05) is 19.5 Å². The molecule has 0 unspecified atom stereocenters. The van der Waals surface area contributed by atoms with Crippen LogP contribution in [-0.2, 0) is 4.79 Å². The second-order valence-corrected chi connectivity index (χ2v) is 6.48. The molecule has 2 heteroatoms. The minimum atomic E-state index is 0.112. The number of hydrogen-bond donors (Lipinski definition) is 0. The fourth-order valence-electron chi connectivity index (χ4n) is 2.43. The first-order valence-corrected chi connectivity index (χ1v) is 6.05. The maximum Gasteiger partial charge on any atom is 0.223 e. The predicted octanol–water partition coefficient (Wildman–Crippen LogP) is 2.93. The Morgan fingerprint density at radius 1 is 1.20 bits per heavy atom. The van der Waals surface area contributed by atoms with Crippen LogP contribution in [0.2, 0.25) is 0 Å². The molecule has 0 saturated carbocycles. The van der Waals surface area contributed by atoms with Gasteiger partial charge < -0.3 is 4.90 Å². The van der Waals surface area contributed by atoms with Gasteiger partial charge in [0.05, 0.1) is 0 Å². The van der Waals surface area contributed by atoms with Crippen molar-refractivity contribution >= 4 is 5.91 Å². The van der Waals surface area contributed by atoms with Gasteiger partial charge in [0.25, 0.3) is 0 Å². The molecule has 15 heavy (non-hydrogen) atoms. The van der Waals surface area contributed by atoms with Gasteiger partial charge in [-0.15, -0.1) is 0 Å². The monoisotopic (exact) mass is 211 g/mol. The van der Waals surface area contributed by atoms with Crippen LogP contribution in [0.4, 0.5) is 0 Å². The Hall–Kier alpha value is -0.530. The van der Waals surface area contributed by atoms with E-state index in [4.69, 9.17) is 0 Å². The molecule has 1 aliphatic rings. The lowest BCUT2D eigenvalue weighted by Gasteiger charge is -2.36. The summed E-state index contributed by atoms with van der Waals surface area (Å²) < 4.78 is 0. The Labute approximate surface area is 94.0 Å². The lowest BCUT2D eigenvalue weighted by atomic mass is 9.88. The standard InChI is InChI=1S/C13H25NO/c1-10-6-11(2)9-14(8-10)12(15)7-13(3,4)5/h10-11H,6-9H2,1-5H3/t10-,11+. The molecule has 0 aromatic rings. The Morgan fingerprint density at radius 2 is 1.67 bits per heavy atom. The highest BCUT2D eigenvalue weighted by atomic mass is 16.2. The molecule has 88 valence electrons. The average Bonchev–Trinajstić information content (AvgIpc) is 1.98. The number of piperidine rings is 1. The van der Waals surface area contributed by atoms with E-state index in [9.17, 15) is 4.79 Å². The third-order valence-electron chi connectivity index (χ3n) is 2.90. The number of carbonyl (C=O) groups excluding carboxylic acids is 1. The van der Waals surface area contributed by atoms with Crippen LogP contribution in [0.3, 0.4) is 0 Å². The van der Waals surface area contributed by atoms with Gasteiger partial charge in [-0.05, 0) is 23.7 Å². The van der Waals surface area contributed by atoms with Gasteiger partial charge in [0.15, 0.2) is 0 Å². The highest BCUT2D eigenvalue weighted by molar-refractivity contribution is 5.76. The predicted molar refractivity (Wildman–Crippen MR) is 63.6 cm³/mol. The van der Waals surface area contributed by atoms with E-state index in [-0.39, 0.29) is 5.41 Å². The first kappa shape index (κ1) is 12.5. The normalized spacial score (nSPS) is 27.9. The van der Waals surface area contributed by atoms with Gasteiger partial charge in [-0.1, -0.05) is 34.6 Å². The summed E-state index contributed by atoms with van der Waals surface area (Å²) >= 11 is 0. The molecule has 0 aromatic carbocycles. The van der Waals surface area contributed by atoms with Crippen LogP contribution in [0.1, 0.15) is 47.5 Å². The molecule has 0 spiro atoms. The SMILES string of the molecule is C[C@@H]1C[C@H](C)CN(C(=O)CC(C)(C)C)C1. The maximum atomic E-state index is 12.0. The van der Waals surface area contributed by atoms with Crippen LogP contribution in [-0.4, -0.2) is 23.9 Å². The Bertz CT molecular complexity index is 219. The summed E-state index contributed by atoms with van der Waals surface area (Å²) in [6.45, 7) is 12.8. The van der Waals surface area contributed by atoms with Crippen LogP contribution < -0.4 is 0 Å². The summed E-state index contributed by atoms with van der Waals surface area (Å²) in [6.07, 6.45) is 1.94. The number of amides is 1. The highest BCUT2D eigenvalue weighted by Gasteiger charge is 2.27. The van der Waals surface area contributed by atoms with Crippen molar-refractivity contribution in [1.82, 2.24) is 4.90 Å². The zero-order valence-corrected chi connectivity index (χ0v) is 10.8. The summed E-state index contributed by atoms with van der Waals surface area (Å²) in [5.41, 5.74) is 0.112. The summed E-state index contributed by atoms with van der Waals surface area (Å²) in [5, 5.41) is 0. The fourth-order valence-corrected chi connectivity index (χ4v) is 2.43. The van der Waals surface area contributed by atoms with Gasteiger partial charge in [0.1, 0.15) is 0 Å².